The quantitative estimate of drug-likeness (QED) is 0.313. The zero-order valence-electron chi connectivity index (χ0n) is 15.7. The topological polar surface area (TPSA) is 0 Å². The minimum absolute atomic E-state index is 0.780. The van der Waals surface area contributed by atoms with Crippen LogP contribution in [-0.2, 0) is 0 Å². The second kappa shape index (κ2) is 36.4. The SMILES string of the molecule is C=CCC.C=CCC(C)C.C=CCCC.C=CCCCC. The van der Waals surface area contributed by atoms with E-state index in [0.717, 1.165) is 25.2 Å². The summed E-state index contributed by atoms with van der Waals surface area (Å²) in [5.74, 6) is 0.780. The molecule has 0 aromatic heterocycles. The van der Waals surface area contributed by atoms with Crippen molar-refractivity contribution in [2.45, 2.75) is 79.6 Å². The Morgan fingerprint density at radius 1 is 0.714 bits per heavy atom. The van der Waals surface area contributed by atoms with Crippen LogP contribution in [0.25, 0.3) is 0 Å². The molecule has 0 radical (unpaired) electrons. The van der Waals surface area contributed by atoms with Crippen molar-refractivity contribution >= 4 is 0 Å². The third kappa shape index (κ3) is 86.1. The maximum absolute atomic E-state index is 3.60. The number of unbranched alkanes of at least 4 members (excludes halogenated alkanes) is 3. The van der Waals surface area contributed by atoms with Crippen LogP contribution in [0, 0.1) is 5.92 Å². The number of hydrogen-bond donors (Lipinski definition) is 0. The van der Waals surface area contributed by atoms with Gasteiger partial charge in [0, 0.05) is 0 Å². The molecule has 0 rings (SSSR count). The summed E-state index contributed by atoms with van der Waals surface area (Å²) in [7, 11) is 0. The molecule has 0 saturated heterocycles. The van der Waals surface area contributed by atoms with Crippen LogP contribution in [0.3, 0.4) is 0 Å². The fraction of sp³-hybridized carbons (Fsp3) is 0.619. The lowest BCUT2D eigenvalue weighted by atomic mass is 10.1. The molecular formula is C21H42. The van der Waals surface area contributed by atoms with Gasteiger partial charge in [0.15, 0.2) is 0 Å². The average Bonchev–Trinajstić information content (AvgIpc) is 2.47. The molecule has 0 fully saturated rings. The van der Waals surface area contributed by atoms with Gasteiger partial charge in [-0.3, -0.25) is 0 Å². The largest absolute Gasteiger partial charge is 0.103 e. The molecule has 0 aliphatic carbocycles. The van der Waals surface area contributed by atoms with Gasteiger partial charge < -0.3 is 0 Å². The summed E-state index contributed by atoms with van der Waals surface area (Å²) in [6.45, 7) is 25.0. The summed E-state index contributed by atoms with van der Waals surface area (Å²) < 4.78 is 0. The second-order valence-corrected chi connectivity index (χ2v) is 5.12. The van der Waals surface area contributed by atoms with E-state index < -0.39 is 0 Å². The summed E-state index contributed by atoms with van der Waals surface area (Å²) in [6, 6.07) is 0. The molecule has 0 aromatic carbocycles. The first-order chi connectivity index (χ1) is 10.0. The predicted octanol–water partition coefficient (Wildman–Crippen LogP) is 8.14. The first kappa shape index (κ1) is 28.2. The molecular weight excluding hydrogens is 252 g/mol. The fourth-order valence-electron chi connectivity index (χ4n) is 0.886. The highest BCUT2D eigenvalue weighted by atomic mass is 13.9. The van der Waals surface area contributed by atoms with Gasteiger partial charge in [-0.2, -0.15) is 0 Å². The molecule has 126 valence electrons. The molecule has 0 aromatic rings. The zero-order chi connectivity index (χ0) is 17.4. The van der Waals surface area contributed by atoms with Crippen molar-refractivity contribution in [3.8, 4) is 0 Å². The van der Waals surface area contributed by atoms with Gasteiger partial charge in [0.05, 0.1) is 0 Å². The van der Waals surface area contributed by atoms with Crippen LogP contribution in [0.15, 0.2) is 50.6 Å². The molecule has 0 heterocycles. The third-order valence-corrected chi connectivity index (χ3v) is 2.18. The van der Waals surface area contributed by atoms with E-state index in [1.807, 2.05) is 24.3 Å². The highest BCUT2D eigenvalue weighted by molar-refractivity contribution is 4.67. The maximum Gasteiger partial charge on any atom is -0.0330 e. The summed E-state index contributed by atoms with van der Waals surface area (Å²) in [5, 5.41) is 0. The normalized spacial score (nSPS) is 7.90. The van der Waals surface area contributed by atoms with Crippen LogP contribution in [0.2, 0.25) is 0 Å². The lowest BCUT2D eigenvalue weighted by molar-refractivity contribution is 0.664. The van der Waals surface area contributed by atoms with E-state index in [1.165, 1.54) is 25.7 Å². The van der Waals surface area contributed by atoms with Crippen LogP contribution in [0.4, 0.5) is 0 Å². The third-order valence-electron chi connectivity index (χ3n) is 2.18. The van der Waals surface area contributed by atoms with Crippen molar-refractivity contribution in [1.82, 2.24) is 0 Å². The molecule has 0 nitrogen and oxygen atoms in total. The van der Waals surface area contributed by atoms with Gasteiger partial charge >= 0.3 is 0 Å². The van der Waals surface area contributed by atoms with Crippen molar-refractivity contribution in [1.29, 1.82) is 0 Å². The van der Waals surface area contributed by atoms with Gasteiger partial charge in [-0.15, -0.1) is 26.3 Å². The molecule has 0 aliphatic rings. The Morgan fingerprint density at radius 3 is 1.24 bits per heavy atom. The van der Waals surface area contributed by atoms with Gasteiger partial charge in [0.1, 0.15) is 0 Å². The molecule has 0 saturated carbocycles. The van der Waals surface area contributed by atoms with E-state index in [1.54, 1.807) is 0 Å². The van der Waals surface area contributed by atoms with Crippen LogP contribution < -0.4 is 0 Å². The van der Waals surface area contributed by atoms with E-state index >= 15 is 0 Å². The van der Waals surface area contributed by atoms with Gasteiger partial charge in [0.25, 0.3) is 0 Å². The highest BCUT2D eigenvalue weighted by Crippen LogP contribution is 1.96. The lowest BCUT2D eigenvalue weighted by Crippen LogP contribution is -1.78. The summed E-state index contributed by atoms with van der Waals surface area (Å²) >= 11 is 0. The molecule has 0 aliphatic heterocycles. The number of allylic oxidation sites excluding steroid dienone is 4. The fourth-order valence-corrected chi connectivity index (χ4v) is 0.886. The standard InChI is InChI=1S/2C6H12.C5H10.C4H8/c1-4-5-6(2)3;1-3-5-6-4-2;1-3-5-4-2;1-3-4-2/h4,6H,1,5H2,2-3H3;3H,1,4-6H2,2H3;3H,1,4-5H2,2H3;3H,1,4H2,2H3. The smallest absolute Gasteiger partial charge is 0.0330 e. The highest BCUT2D eigenvalue weighted by Gasteiger charge is 1.82. The van der Waals surface area contributed by atoms with Crippen molar-refractivity contribution in [3.63, 3.8) is 0 Å². The van der Waals surface area contributed by atoms with E-state index in [4.69, 9.17) is 0 Å². The predicted molar refractivity (Wildman–Crippen MR) is 105 cm³/mol. The van der Waals surface area contributed by atoms with Crippen LogP contribution >= 0.6 is 0 Å². The Morgan fingerprint density at radius 2 is 1.19 bits per heavy atom. The molecule has 0 atom stereocenters. The molecule has 0 unspecified atom stereocenters. The number of rotatable bonds is 8. The summed E-state index contributed by atoms with van der Waals surface area (Å²) in [4.78, 5) is 0. The molecule has 0 spiro atoms. The average molecular weight is 295 g/mol. The minimum atomic E-state index is 0.780. The number of hydrogen-bond acceptors (Lipinski definition) is 0. The van der Waals surface area contributed by atoms with E-state index in [2.05, 4.69) is 60.9 Å². The Bertz CT molecular complexity index is 186. The Balaban J connectivity index is -0.0000000929. The second-order valence-electron chi connectivity index (χ2n) is 5.12. The summed E-state index contributed by atoms with van der Waals surface area (Å²) in [5.41, 5.74) is 0. The molecule has 0 bridgehead atoms. The van der Waals surface area contributed by atoms with Gasteiger partial charge in [-0.05, 0) is 31.6 Å². The Kier molecular flexibility index (Phi) is 48.8. The van der Waals surface area contributed by atoms with Crippen molar-refractivity contribution in [2.24, 2.45) is 5.92 Å². The maximum atomic E-state index is 3.60. The Hall–Kier alpha value is -1.04. The van der Waals surface area contributed by atoms with Crippen LogP contribution in [0.5, 0.6) is 0 Å². The van der Waals surface area contributed by atoms with Crippen molar-refractivity contribution < 1.29 is 0 Å². The molecule has 0 heteroatoms. The minimum Gasteiger partial charge on any atom is -0.103 e. The van der Waals surface area contributed by atoms with Gasteiger partial charge in [0.2, 0.25) is 0 Å². The molecule has 0 N–H and O–H groups in total. The van der Waals surface area contributed by atoms with E-state index in [0.29, 0.717) is 0 Å². The van der Waals surface area contributed by atoms with Gasteiger partial charge in [-0.1, -0.05) is 78.2 Å². The van der Waals surface area contributed by atoms with Crippen molar-refractivity contribution in [3.05, 3.63) is 50.6 Å². The summed E-state index contributed by atoms with van der Waals surface area (Å²) in [6.07, 6.45) is 16.1. The van der Waals surface area contributed by atoms with E-state index in [-0.39, 0.29) is 0 Å². The van der Waals surface area contributed by atoms with Crippen molar-refractivity contribution in [2.75, 3.05) is 0 Å². The lowest BCUT2D eigenvalue weighted by Gasteiger charge is -1.92. The van der Waals surface area contributed by atoms with Crippen LogP contribution in [0.1, 0.15) is 79.6 Å². The Labute approximate surface area is 136 Å². The molecule has 21 heavy (non-hydrogen) atoms. The first-order valence-electron chi connectivity index (χ1n) is 8.45. The zero-order valence-corrected chi connectivity index (χ0v) is 15.7. The van der Waals surface area contributed by atoms with Crippen LogP contribution in [-0.4, -0.2) is 0 Å². The first-order valence-corrected chi connectivity index (χ1v) is 8.45. The monoisotopic (exact) mass is 294 g/mol. The van der Waals surface area contributed by atoms with E-state index in [9.17, 15) is 0 Å². The molecule has 0 amide bonds. The van der Waals surface area contributed by atoms with Gasteiger partial charge in [-0.25, -0.2) is 0 Å².